The second-order valence-corrected chi connectivity index (χ2v) is 10.2. The zero-order valence-corrected chi connectivity index (χ0v) is 25.2. The van der Waals surface area contributed by atoms with Crippen LogP contribution < -0.4 is 40.8 Å². The van der Waals surface area contributed by atoms with Crippen LogP contribution in [0, 0.1) is 0 Å². The molecule has 1 saturated heterocycles. The molecule has 1 fully saturated rings. The molecular weight excluding hydrogens is 606 g/mol. The fraction of sp³-hybridized carbons (Fsp3) is 0.333. The highest BCUT2D eigenvalue weighted by atomic mass is 16.5. The number of carbonyl (C=O) groups is 4. The third-order valence-corrected chi connectivity index (χ3v) is 6.95. The van der Waals surface area contributed by atoms with Gasteiger partial charge in [-0.05, 0) is 35.9 Å². The minimum atomic E-state index is -0.833. The number of methoxy groups -OCH3 is 2. The number of rotatable bonds is 4. The largest absolute Gasteiger partial charge is 0.493 e. The molecule has 0 aliphatic carbocycles. The SMILES string of the molecule is CC(=O)O.COc1ccc2cc1OCC(=O)NCc1ccc(c(OC)c1)O[C@H]1CN(C(=O)Cc3c[nH]c(=O)[nH]c3=O)C[C@@H]1NC2=O. The number of nitrogens with one attached hydrogen (secondary N) is 4. The predicted octanol–water partition coefficient (Wildman–Crippen LogP) is -0.189. The maximum Gasteiger partial charge on any atom is 0.325 e. The lowest BCUT2D eigenvalue weighted by Crippen LogP contribution is -2.45. The first-order chi connectivity index (χ1) is 22.0. The monoisotopic (exact) mass is 639 g/mol. The minimum Gasteiger partial charge on any atom is -0.493 e. The van der Waals surface area contributed by atoms with Gasteiger partial charge in [0.15, 0.2) is 29.6 Å². The van der Waals surface area contributed by atoms with E-state index in [4.69, 9.17) is 28.8 Å². The van der Waals surface area contributed by atoms with E-state index < -0.39 is 41.2 Å². The lowest BCUT2D eigenvalue weighted by Gasteiger charge is -2.22. The number of aromatic nitrogens is 2. The minimum absolute atomic E-state index is 0.0921. The van der Waals surface area contributed by atoms with Crippen LogP contribution in [-0.4, -0.2) is 89.7 Å². The molecule has 4 bridgehead atoms. The van der Waals surface area contributed by atoms with E-state index in [-0.39, 0.29) is 55.4 Å². The second kappa shape index (κ2) is 14.8. The van der Waals surface area contributed by atoms with Crippen molar-refractivity contribution in [2.24, 2.45) is 0 Å². The molecular formula is C30H33N5O11. The van der Waals surface area contributed by atoms with Crippen molar-refractivity contribution in [3.63, 3.8) is 0 Å². The van der Waals surface area contributed by atoms with Crippen molar-refractivity contribution in [2.75, 3.05) is 33.9 Å². The number of aromatic amines is 2. The Kier molecular flexibility index (Phi) is 10.6. The molecule has 1 aromatic heterocycles. The summed E-state index contributed by atoms with van der Waals surface area (Å²) in [5.41, 5.74) is -0.248. The molecule has 16 heteroatoms. The molecule has 3 aliphatic rings. The molecule has 0 saturated carbocycles. The van der Waals surface area contributed by atoms with E-state index in [1.165, 1.54) is 31.4 Å². The second-order valence-electron chi connectivity index (χ2n) is 10.2. The zero-order chi connectivity index (χ0) is 33.4. The van der Waals surface area contributed by atoms with Crippen molar-refractivity contribution in [2.45, 2.75) is 32.0 Å². The zero-order valence-electron chi connectivity index (χ0n) is 25.2. The van der Waals surface area contributed by atoms with Gasteiger partial charge in [-0.1, -0.05) is 6.07 Å². The fourth-order valence-electron chi connectivity index (χ4n) is 4.74. The third-order valence-electron chi connectivity index (χ3n) is 6.95. The van der Waals surface area contributed by atoms with Crippen LogP contribution in [0.4, 0.5) is 0 Å². The van der Waals surface area contributed by atoms with E-state index in [9.17, 15) is 24.0 Å². The van der Waals surface area contributed by atoms with Gasteiger partial charge in [0.1, 0.15) is 6.10 Å². The quantitative estimate of drug-likeness (QED) is 0.252. The summed E-state index contributed by atoms with van der Waals surface area (Å²) >= 11 is 0. The van der Waals surface area contributed by atoms with Crippen LogP contribution in [0.25, 0.3) is 0 Å². The van der Waals surface area contributed by atoms with Crippen molar-refractivity contribution in [1.82, 2.24) is 25.5 Å². The highest BCUT2D eigenvalue weighted by molar-refractivity contribution is 5.95. The van der Waals surface area contributed by atoms with Crippen molar-refractivity contribution in [1.29, 1.82) is 0 Å². The Morgan fingerprint density at radius 3 is 2.43 bits per heavy atom. The van der Waals surface area contributed by atoms with E-state index in [0.717, 1.165) is 12.5 Å². The maximum atomic E-state index is 13.4. The number of carbonyl (C=O) groups excluding carboxylic acids is 3. The fourth-order valence-corrected chi connectivity index (χ4v) is 4.74. The Morgan fingerprint density at radius 1 is 1.00 bits per heavy atom. The van der Waals surface area contributed by atoms with Crippen molar-refractivity contribution < 1.29 is 43.2 Å². The Balaban J connectivity index is 0.00000113. The smallest absolute Gasteiger partial charge is 0.325 e. The molecule has 5 N–H and O–H groups in total. The van der Waals surface area contributed by atoms with Crippen LogP contribution in [-0.2, 0) is 27.3 Å². The average Bonchev–Trinajstić information content (AvgIpc) is 3.41. The van der Waals surface area contributed by atoms with Crippen LogP contribution in [0.1, 0.15) is 28.4 Å². The summed E-state index contributed by atoms with van der Waals surface area (Å²) in [7, 11) is 2.92. The van der Waals surface area contributed by atoms with Gasteiger partial charge in [-0.3, -0.25) is 29.0 Å². The molecule has 0 radical (unpaired) electrons. The molecule has 16 nitrogen and oxygen atoms in total. The number of aliphatic carboxylic acids is 1. The molecule has 3 amide bonds. The summed E-state index contributed by atoms with van der Waals surface area (Å²) < 4.78 is 22.8. The molecule has 2 aromatic carbocycles. The summed E-state index contributed by atoms with van der Waals surface area (Å²) in [6.45, 7) is 1.17. The van der Waals surface area contributed by atoms with Crippen molar-refractivity contribution in [3.05, 3.63) is 80.1 Å². The normalized spacial score (nSPS) is 17.5. The summed E-state index contributed by atoms with van der Waals surface area (Å²) in [5.74, 6) is -0.748. The van der Waals surface area contributed by atoms with Gasteiger partial charge in [-0.15, -0.1) is 0 Å². The molecule has 0 unspecified atom stereocenters. The summed E-state index contributed by atoms with van der Waals surface area (Å²) in [4.78, 5) is 77.5. The first-order valence-electron chi connectivity index (χ1n) is 14.0. The van der Waals surface area contributed by atoms with Crippen LogP contribution in [0.5, 0.6) is 23.0 Å². The van der Waals surface area contributed by atoms with E-state index in [0.29, 0.717) is 17.2 Å². The van der Waals surface area contributed by atoms with Crippen LogP contribution in [0.3, 0.4) is 0 Å². The molecule has 0 spiro atoms. The molecule has 4 heterocycles. The summed E-state index contributed by atoms with van der Waals surface area (Å²) in [6, 6.07) is 9.09. The lowest BCUT2D eigenvalue weighted by molar-refractivity contribution is -0.134. The highest BCUT2D eigenvalue weighted by Crippen LogP contribution is 2.32. The van der Waals surface area contributed by atoms with Gasteiger partial charge in [0.25, 0.3) is 23.3 Å². The number of carboxylic acid groups (broad SMARTS) is 1. The number of likely N-dealkylation sites (tertiary alicyclic amines) is 1. The number of hydrogen-bond donors (Lipinski definition) is 5. The first kappa shape index (κ1) is 33.1. The Morgan fingerprint density at radius 2 is 1.74 bits per heavy atom. The van der Waals surface area contributed by atoms with Gasteiger partial charge < -0.3 is 44.6 Å². The van der Waals surface area contributed by atoms with E-state index in [1.807, 2.05) is 0 Å². The number of ether oxygens (including phenoxy) is 4. The van der Waals surface area contributed by atoms with Gasteiger partial charge in [0, 0.05) is 37.3 Å². The Labute approximate surface area is 261 Å². The van der Waals surface area contributed by atoms with Gasteiger partial charge in [-0.2, -0.15) is 0 Å². The topological polar surface area (TPSA) is 218 Å². The Bertz CT molecular complexity index is 1730. The van der Waals surface area contributed by atoms with Crippen LogP contribution in [0.2, 0.25) is 0 Å². The van der Waals surface area contributed by atoms with Crippen molar-refractivity contribution in [3.8, 4) is 23.0 Å². The van der Waals surface area contributed by atoms with Gasteiger partial charge in [-0.25, -0.2) is 4.79 Å². The maximum absolute atomic E-state index is 13.4. The number of amides is 3. The molecule has 46 heavy (non-hydrogen) atoms. The molecule has 2 atom stereocenters. The number of H-pyrrole nitrogens is 2. The number of carboxylic acids is 1. The Hall–Kier alpha value is -5.80. The van der Waals surface area contributed by atoms with Crippen LogP contribution in [0.15, 0.2) is 52.2 Å². The van der Waals surface area contributed by atoms with Gasteiger partial charge in [0.2, 0.25) is 5.91 Å². The number of fused-ring (bicyclic) bond motifs is 7. The number of hydrogen-bond acceptors (Lipinski definition) is 10. The first-order valence-corrected chi connectivity index (χ1v) is 14.0. The third kappa shape index (κ3) is 8.43. The molecule has 6 rings (SSSR count). The lowest BCUT2D eigenvalue weighted by atomic mass is 10.1. The van der Waals surface area contributed by atoms with E-state index >= 15 is 0 Å². The van der Waals surface area contributed by atoms with Gasteiger partial charge >= 0.3 is 5.69 Å². The van der Waals surface area contributed by atoms with E-state index in [2.05, 4.69) is 20.6 Å². The number of benzene rings is 2. The number of nitrogens with zero attached hydrogens (tertiary/aromatic N) is 1. The van der Waals surface area contributed by atoms with Crippen LogP contribution >= 0.6 is 0 Å². The molecule has 3 aromatic rings. The molecule has 3 aliphatic heterocycles. The van der Waals surface area contributed by atoms with E-state index in [1.54, 1.807) is 30.3 Å². The summed E-state index contributed by atoms with van der Waals surface area (Å²) in [6.07, 6.45) is 0.258. The predicted molar refractivity (Wildman–Crippen MR) is 160 cm³/mol. The summed E-state index contributed by atoms with van der Waals surface area (Å²) in [5, 5.41) is 13.1. The molecule has 244 valence electrons. The van der Waals surface area contributed by atoms with Crippen molar-refractivity contribution >= 4 is 23.7 Å². The highest BCUT2D eigenvalue weighted by Gasteiger charge is 2.38. The van der Waals surface area contributed by atoms with Gasteiger partial charge in [0.05, 0.1) is 33.2 Å². The average molecular weight is 640 g/mol. The standard InChI is InChI=1S/C28H29N5O9.C2H4O2/c1-39-19-6-4-16-8-22(19)41-14-24(34)29-10-15-3-5-20(21(7-15)40-2)42-23-13-33(12-18(23)31-26(16)36)25(35)9-17-11-30-28(38)32-27(17)37;1-2(3)4/h3-8,11,18,23H,9-10,12-14H2,1-2H3,(H,29,34)(H,31,36)(H2,30,32,37,38);1H3,(H,3,4)/t18-,23-;/m0./s1.